The molecule has 4 aromatic carbocycles. The Morgan fingerprint density at radius 1 is 0.829 bits per heavy atom. The number of carbonyl (C=O) groups is 1. The fourth-order valence-corrected chi connectivity index (χ4v) is 5.25. The first-order chi connectivity index (χ1) is 17.1. The number of benzene rings is 4. The van der Waals surface area contributed by atoms with Crippen LogP contribution < -0.4 is 19.3 Å². The Morgan fingerprint density at radius 3 is 2.17 bits per heavy atom. The minimum atomic E-state index is -0.420. The molecule has 6 heteroatoms. The Bertz CT molecular complexity index is 1340. The molecule has 1 aliphatic heterocycles. The van der Waals surface area contributed by atoms with E-state index in [0.717, 1.165) is 27.0 Å². The fraction of sp³-hybridized carbons (Fsp3) is 0.138. The van der Waals surface area contributed by atoms with E-state index in [4.69, 9.17) is 9.47 Å². The van der Waals surface area contributed by atoms with Crippen molar-refractivity contribution in [3.63, 3.8) is 0 Å². The number of para-hydroxylation sites is 2. The topological polar surface area (TPSA) is 42.0 Å². The third kappa shape index (κ3) is 4.26. The summed E-state index contributed by atoms with van der Waals surface area (Å²) in [6, 6.07) is 31.8. The highest BCUT2D eigenvalue weighted by Gasteiger charge is 2.40. The first-order valence-electron chi connectivity index (χ1n) is 11.3. The van der Waals surface area contributed by atoms with E-state index in [1.807, 2.05) is 89.8 Å². The lowest BCUT2D eigenvalue weighted by atomic mass is 9.98. The number of halogens is 1. The molecule has 0 fully saturated rings. The van der Waals surface area contributed by atoms with Crippen LogP contribution in [0.25, 0.3) is 0 Å². The average molecular weight is 529 g/mol. The zero-order valence-electron chi connectivity index (χ0n) is 19.5. The van der Waals surface area contributed by atoms with E-state index in [1.54, 1.807) is 14.2 Å². The number of nitrogens with zero attached hydrogens (tertiary/aromatic N) is 2. The predicted molar refractivity (Wildman–Crippen MR) is 142 cm³/mol. The van der Waals surface area contributed by atoms with E-state index in [-0.39, 0.29) is 5.91 Å². The summed E-state index contributed by atoms with van der Waals surface area (Å²) in [6.45, 7) is 0.616. The van der Waals surface area contributed by atoms with Gasteiger partial charge >= 0.3 is 0 Å². The molecule has 4 aromatic rings. The molecular weight excluding hydrogens is 504 g/mol. The van der Waals surface area contributed by atoms with Gasteiger partial charge in [0.25, 0.3) is 5.91 Å². The van der Waals surface area contributed by atoms with E-state index in [0.29, 0.717) is 23.6 Å². The van der Waals surface area contributed by atoms with Crippen LogP contribution in [0.4, 0.5) is 11.4 Å². The number of hydrogen-bond donors (Lipinski definition) is 0. The zero-order valence-corrected chi connectivity index (χ0v) is 21.1. The highest BCUT2D eigenvalue weighted by Crippen LogP contribution is 2.45. The molecule has 5 rings (SSSR count). The number of methoxy groups -OCH3 is 2. The first kappa shape index (κ1) is 23.0. The van der Waals surface area contributed by atoms with Crippen LogP contribution in [-0.4, -0.2) is 20.1 Å². The summed E-state index contributed by atoms with van der Waals surface area (Å²) >= 11 is 3.65. The number of ether oxygens (including phenoxy) is 2. The number of fused-ring (bicyclic) bond motifs is 1. The van der Waals surface area contributed by atoms with Gasteiger partial charge in [0.15, 0.2) is 11.5 Å². The van der Waals surface area contributed by atoms with Crippen molar-refractivity contribution in [2.75, 3.05) is 24.0 Å². The lowest BCUT2D eigenvalue weighted by Crippen LogP contribution is -2.49. The van der Waals surface area contributed by atoms with Crippen molar-refractivity contribution >= 4 is 33.2 Å². The molecule has 0 aliphatic carbocycles. The van der Waals surface area contributed by atoms with Crippen LogP contribution in [-0.2, 0) is 6.54 Å². The summed E-state index contributed by atoms with van der Waals surface area (Å²) in [5, 5.41) is 0. The molecule has 0 saturated heterocycles. The maximum Gasteiger partial charge on any atom is 0.262 e. The number of rotatable bonds is 6. The maximum atomic E-state index is 14.0. The van der Waals surface area contributed by atoms with Crippen LogP contribution in [0.1, 0.15) is 27.7 Å². The number of anilines is 2. The molecule has 176 valence electrons. The molecule has 0 aromatic heterocycles. The van der Waals surface area contributed by atoms with E-state index < -0.39 is 6.17 Å². The first-order valence-corrected chi connectivity index (χ1v) is 12.1. The van der Waals surface area contributed by atoms with E-state index in [9.17, 15) is 4.79 Å². The van der Waals surface area contributed by atoms with Crippen LogP contribution in [0.3, 0.4) is 0 Å². The Hall–Kier alpha value is -3.77. The second-order valence-corrected chi connectivity index (χ2v) is 9.11. The summed E-state index contributed by atoms with van der Waals surface area (Å²) in [5.41, 5.74) is 4.43. The van der Waals surface area contributed by atoms with Gasteiger partial charge in [-0.25, -0.2) is 0 Å². The van der Waals surface area contributed by atoms with Crippen molar-refractivity contribution in [1.82, 2.24) is 0 Å². The Morgan fingerprint density at radius 2 is 1.49 bits per heavy atom. The van der Waals surface area contributed by atoms with Crippen molar-refractivity contribution < 1.29 is 14.3 Å². The minimum absolute atomic E-state index is 0.0491. The van der Waals surface area contributed by atoms with Crippen molar-refractivity contribution in [3.8, 4) is 11.5 Å². The number of amides is 1. The van der Waals surface area contributed by atoms with Gasteiger partial charge in [-0.3, -0.25) is 9.69 Å². The SMILES string of the molecule is COc1cc([C@@H]2N(Cc3ccccc3)c3ccccc3C(=O)N2c2ccccc2)cc(Br)c1OC. The highest BCUT2D eigenvalue weighted by atomic mass is 79.9. The summed E-state index contributed by atoms with van der Waals surface area (Å²) in [6.07, 6.45) is -0.420. The maximum absolute atomic E-state index is 14.0. The normalized spacial score (nSPS) is 15.1. The Kier molecular flexibility index (Phi) is 6.47. The predicted octanol–water partition coefficient (Wildman–Crippen LogP) is 6.83. The second-order valence-electron chi connectivity index (χ2n) is 8.25. The number of hydrogen-bond acceptors (Lipinski definition) is 4. The van der Waals surface area contributed by atoms with Crippen molar-refractivity contribution in [3.05, 3.63) is 118 Å². The van der Waals surface area contributed by atoms with Gasteiger partial charge in [-0.05, 0) is 57.9 Å². The van der Waals surface area contributed by atoms with Gasteiger partial charge in [0.1, 0.15) is 6.17 Å². The zero-order chi connectivity index (χ0) is 24.4. The van der Waals surface area contributed by atoms with Gasteiger partial charge in [0.2, 0.25) is 0 Å². The molecule has 0 N–H and O–H groups in total. The van der Waals surface area contributed by atoms with Crippen LogP contribution in [0, 0.1) is 0 Å². The van der Waals surface area contributed by atoms with Gasteiger partial charge in [0, 0.05) is 17.8 Å². The number of carbonyl (C=O) groups excluding carboxylic acids is 1. The molecule has 5 nitrogen and oxygen atoms in total. The van der Waals surface area contributed by atoms with Crippen LogP contribution in [0.2, 0.25) is 0 Å². The van der Waals surface area contributed by atoms with E-state index in [1.165, 1.54) is 0 Å². The van der Waals surface area contributed by atoms with Gasteiger partial charge in [-0.1, -0.05) is 60.7 Å². The molecule has 0 radical (unpaired) electrons. The molecule has 35 heavy (non-hydrogen) atoms. The minimum Gasteiger partial charge on any atom is -0.493 e. The molecule has 0 unspecified atom stereocenters. The summed E-state index contributed by atoms with van der Waals surface area (Å²) in [5.74, 6) is 1.16. The van der Waals surface area contributed by atoms with Gasteiger partial charge in [-0.15, -0.1) is 0 Å². The van der Waals surface area contributed by atoms with Crippen LogP contribution in [0.5, 0.6) is 11.5 Å². The molecule has 0 bridgehead atoms. The lowest BCUT2D eigenvalue weighted by molar-refractivity contribution is 0.0968. The Labute approximate surface area is 213 Å². The van der Waals surface area contributed by atoms with Crippen LogP contribution in [0.15, 0.2) is 102 Å². The van der Waals surface area contributed by atoms with E-state index >= 15 is 0 Å². The molecular formula is C29H25BrN2O3. The third-order valence-electron chi connectivity index (χ3n) is 6.19. The molecule has 1 aliphatic rings. The molecule has 1 heterocycles. The van der Waals surface area contributed by atoms with E-state index in [2.05, 4.69) is 33.0 Å². The monoisotopic (exact) mass is 528 g/mol. The largest absolute Gasteiger partial charge is 0.493 e. The average Bonchev–Trinajstić information content (AvgIpc) is 2.90. The second kappa shape index (κ2) is 9.84. The summed E-state index contributed by atoms with van der Waals surface area (Å²) < 4.78 is 12.0. The van der Waals surface area contributed by atoms with Crippen molar-refractivity contribution in [1.29, 1.82) is 0 Å². The smallest absolute Gasteiger partial charge is 0.262 e. The standard InChI is InChI=1S/C29H25BrN2O3/c1-34-26-18-21(17-24(30)27(26)35-2)28-31(19-20-11-5-3-6-12-20)25-16-10-9-15-23(25)29(33)32(28)22-13-7-4-8-14-22/h3-18,28H,19H2,1-2H3/t28-/m1/s1. The highest BCUT2D eigenvalue weighted by molar-refractivity contribution is 9.10. The van der Waals surface area contributed by atoms with Gasteiger partial charge in [0.05, 0.1) is 29.9 Å². The van der Waals surface area contributed by atoms with Gasteiger partial charge < -0.3 is 14.4 Å². The third-order valence-corrected chi connectivity index (χ3v) is 6.78. The summed E-state index contributed by atoms with van der Waals surface area (Å²) in [4.78, 5) is 18.1. The molecule has 0 saturated carbocycles. The van der Waals surface area contributed by atoms with Crippen LogP contribution >= 0.6 is 15.9 Å². The molecule has 0 spiro atoms. The fourth-order valence-electron chi connectivity index (χ4n) is 4.63. The Balaban J connectivity index is 1.76. The molecule has 1 amide bonds. The quantitative estimate of drug-likeness (QED) is 0.275. The van der Waals surface area contributed by atoms with Crippen molar-refractivity contribution in [2.24, 2.45) is 0 Å². The van der Waals surface area contributed by atoms with Gasteiger partial charge in [-0.2, -0.15) is 0 Å². The summed E-state index contributed by atoms with van der Waals surface area (Å²) in [7, 11) is 3.23. The molecule has 1 atom stereocenters. The van der Waals surface area contributed by atoms with Crippen molar-refractivity contribution in [2.45, 2.75) is 12.7 Å². The lowest BCUT2D eigenvalue weighted by Gasteiger charge is -2.46.